The predicted octanol–water partition coefficient (Wildman–Crippen LogP) is 2.56. The number of rotatable bonds is 3. The number of phenolic OH excluding ortho intramolecular Hbond substituents is 2. The van der Waals surface area contributed by atoms with Gasteiger partial charge in [-0.05, 0) is 38.1 Å². The van der Waals surface area contributed by atoms with Crippen molar-refractivity contribution >= 4 is 11.6 Å². The lowest BCUT2D eigenvalue weighted by Gasteiger charge is -2.07. The van der Waals surface area contributed by atoms with Crippen molar-refractivity contribution in [2.45, 2.75) is 13.8 Å². The van der Waals surface area contributed by atoms with E-state index in [2.05, 4.69) is 10.5 Å². The van der Waals surface area contributed by atoms with Gasteiger partial charge in [-0.2, -0.15) is 5.10 Å². The fourth-order valence-corrected chi connectivity index (χ4v) is 1.86. The highest BCUT2D eigenvalue weighted by atomic mass is 16.3. The Morgan fingerprint density at radius 3 is 2.43 bits per heavy atom. The maximum Gasteiger partial charge on any atom is 0.275 e. The molecule has 0 aliphatic rings. The van der Waals surface area contributed by atoms with E-state index in [1.807, 2.05) is 6.92 Å². The molecule has 0 bridgehead atoms. The van der Waals surface area contributed by atoms with Crippen molar-refractivity contribution in [1.29, 1.82) is 0 Å². The average Bonchev–Trinajstić information content (AvgIpc) is 2.47. The van der Waals surface area contributed by atoms with Crippen molar-refractivity contribution < 1.29 is 15.0 Å². The first-order valence-electron chi connectivity index (χ1n) is 6.41. The molecule has 5 heteroatoms. The molecule has 2 rings (SSSR count). The normalized spacial score (nSPS) is 11.2. The van der Waals surface area contributed by atoms with Crippen LogP contribution in [0.4, 0.5) is 0 Å². The summed E-state index contributed by atoms with van der Waals surface area (Å²) in [7, 11) is 0. The molecule has 0 aliphatic heterocycles. The molecule has 1 amide bonds. The van der Waals surface area contributed by atoms with Crippen molar-refractivity contribution in [3.63, 3.8) is 0 Å². The minimum absolute atomic E-state index is 0.0960. The van der Waals surface area contributed by atoms with Crippen LogP contribution in [0.3, 0.4) is 0 Å². The molecule has 0 atom stereocenters. The van der Waals surface area contributed by atoms with Gasteiger partial charge in [-0.3, -0.25) is 4.79 Å². The van der Waals surface area contributed by atoms with Crippen LogP contribution in [0.1, 0.15) is 28.4 Å². The number of nitrogens with zero attached hydrogens (tertiary/aromatic N) is 1. The van der Waals surface area contributed by atoms with Gasteiger partial charge in [0, 0.05) is 5.56 Å². The molecule has 0 saturated carbocycles. The molecule has 2 aromatic carbocycles. The lowest BCUT2D eigenvalue weighted by Crippen LogP contribution is -2.19. The summed E-state index contributed by atoms with van der Waals surface area (Å²) in [6.07, 6.45) is 0. The number of hydrogen-bond donors (Lipinski definition) is 3. The zero-order valence-electron chi connectivity index (χ0n) is 11.8. The molecular formula is C16H16N2O3. The molecular weight excluding hydrogens is 268 g/mol. The van der Waals surface area contributed by atoms with Gasteiger partial charge in [-0.15, -0.1) is 0 Å². The summed E-state index contributed by atoms with van der Waals surface area (Å²) in [4.78, 5) is 11.9. The molecule has 2 aromatic rings. The number of phenols is 2. The summed E-state index contributed by atoms with van der Waals surface area (Å²) >= 11 is 0. The number of nitrogens with one attached hydrogen (secondary N) is 1. The van der Waals surface area contributed by atoms with Crippen LogP contribution in [0.15, 0.2) is 47.6 Å². The molecule has 0 aromatic heterocycles. The van der Waals surface area contributed by atoms with Crippen molar-refractivity contribution in [3.05, 3.63) is 59.2 Å². The zero-order valence-corrected chi connectivity index (χ0v) is 11.8. The zero-order chi connectivity index (χ0) is 15.4. The second-order valence-electron chi connectivity index (χ2n) is 4.68. The number of aryl methyl sites for hydroxylation is 1. The molecule has 0 saturated heterocycles. The topological polar surface area (TPSA) is 81.9 Å². The molecule has 3 N–H and O–H groups in total. The fourth-order valence-electron chi connectivity index (χ4n) is 1.86. The van der Waals surface area contributed by atoms with E-state index in [9.17, 15) is 15.0 Å². The first kappa shape index (κ1) is 14.6. The molecule has 0 heterocycles. The van der Waals surface area contributed by atoms with E-state index in [0.29, 0.717) is 11.3 Å². The van der Waals surface area contributed by atoms with E-state index in [4.69, 9.17) is 0 Å². The number of aromatic hydroxyl groups is 2. The van der Waals surface area contributed by atoms with Gasteiger partial charge in [0.1, 0.15) is 11.5 Å². The third-order valence-electron chi connectivity index (χ3n) is 3.02. The van der Waals surface area contributed by atoms with Gasteiger partial charge >= 0.3 is 0 Å². The molecule has 0 radical (unpaired) electrons. The minimum atomic E-state index is -0.514. The Morgan fingerprint density at radius 2 is 1.71 bits per heavy atom. The van der Waals surface area contributed by atoms with Crippen LogP contribution in [0, 0.1) is 6.92 Å². The van der Waals surface area contributed by atoms with Crippen LogP contribution in [-0.4, -0.2) is 21.8 Å². The summed E-state index contributed by atoms with van der Waals surface area (Å²) in [5.41, 5.74) is 4.50. The lowest BCUT2D eigenvalue weighted by molar-refractivity contribution is 0.0952. The van der Waals surface area contributed by atoms with Crippen LogP contribution in [-0.2, 0) is 0 Å². The molecule has 108 valence electrons. The molecule has 5 nitrogen and oxygen atoms in total. The Balaban J connectivity index is 2.19. The minimum Gasteiger partial charge on any atom is -0.507 e. The molecule has 21 heavy (non-hydrogen) atoms. The number of hydrazone groups is 1. The number of para-hydroxylation sites is 1. The third-order valence-corrected chi connectivity index (χ3v) is 3.02. The summed E-state index contributed by atoms with van der Waals surface area (Å²) in [5.74, 6) is -0.528. The van der Waals surface area contributed by atoms with Gasteiger partial charge in [0.05, 0.1) is 11.3 Å². The SMILES string of the molecule is CC(=NNC(=O)c1ccccc1O)c1cc(C)ccc1O. The van der Waals surface area contributed by atoms with Gasteiger partial charge < -0.3 is 10.2 Å². The van der Waals surface area contributed by atoms with E-state index >= 15 is 0 Å². The fraction of sp³-hybridized carbons (Fsp3) is 0.125. The summed E-state index contributed by atoms with van der Waals surface area (Å²) in [6, 6.07) is 11.3. The van der Waals surface area contributed by atoms with E-state index in [1.54, 1.807) is 37.3 Å². The Labute approximate surface area is 122 Å². The lowest BCUT2D eigenvalue weighted by atomic mass is 10.1. The second-order valence-corrected chi connectivity index (χ2v) is 4.68. The largest absolute Gasteiger partial charge is 0.507 e. The van der Waals surface area contributed by atoms with E-state index in [1.165, 1.54) is 12.1 Å². The standard InChI is InChI=1S/C16H16N2O3/c1-10-7-8-15(20)13(9-10)11(2)17-18-16(21)12-5-3-4-6-14(12)19/h3-9,19-20H,1-2H3,(H,18,21). The average molecular weight is 284 g/mol. The monoisotopic (exact) mass is 284 g/mol. The van der Waals surface area contributed by atoms with Crippen LogP contribution in [0.25, 0.3) is 0 Å². The molecule has 0 spiro atoms. The highest BCUT2D eigenvalue weighted by Crippen LogP contribution is 2.19. The smallest absolute Gasteiger partial charge is 0.275 e. The summed E-state index contributed by atoms with van der Waals surface area (Å²) < 4.78 is 0. The number of benzene rings is 2. The van der Waals surface area contributed by atoms with Crippen molar-refractivity contribution in [1.82, 2.24) is 5.43 Å². The van der Waals surface area contributed by atoms with E-state index in [0.717, 1.165) is 5.56 Å². The predicted molar refractivity (Wildman–Crippen MR) is 80.6 cm³/mol. The van der Waals surface area contributed by atoms with Crippen LogP contribution >= 0.6 is 0 Å². The molecule has 0 aliphatic carbocycles. The van der Waals surface area contributed by atoms with Crippen molar-refractivity contribution in [2.75, 3.05) is 0 Å². The second kappa shape index (κ2) is 6.09. The maximum atomic E-state index is 11.9. The highest BCUT2D eigenvalue weighted by molar-refractivity contribution is 6.03. The first-order chi connectivity index (χ1) is 9.99. The third kappa shape index (κ3) is 3.39. The van der Waals surface area contributed by atoms with E-state index in [-0.39, 0.29) is 17.1 Å². The Bertz CT molecular complexity index is 708. The van der Waals surface area contributed by atoms with Crippen LogP contribution < -0.4 is 5.43 Å². The first-order valence-corrected chi connectivity index (χ1v) is 6.41. The van der Waals surface area contributed by atoms with Gasteiger partial charge in [0.15, 0.2) is 0 Å². The molecule has 0 unspecified atom stereocenters. The van der Waals surface area contributed by atoms with Crippen molar-refractivity contribution in [2.24, 2.45) is 5.10 Å². The summed E-state index contributed by atoms with van der Waals surface area (Å²) in [6.45, 7) is 3.58. The van der Waals surface area contributed by atoms with Crippen LogP contribution in [0.5, 0.6) is 11.5 Å². The Morgan fingerprint density at radius 1 is 1.05 bits per heavy atom. The Kier molecular flexibility index (Phi) is 4.23. The van der Waals surface area contributed by atoms with Gasteiger partial charge in [-0.1, -0.05) is 23.8 Å². The summed E-state index contributed by atoms with van der Waals surface area (Å²) in [5, 5.41) is 23.4. The van der Waals surface area contributed by atoms with Gasteiger partial charge in [0.25, 0.3) is 5.91 Å². The number of carbonyl (C=O) groups excluding carboxylic acids is 1. The van der Waals surface area contributed by atoms with Gasteiger partial charge in [-0.25, -0.2) is 5.43 Å². The highest BCUT2D eigenvalue weighted by Gasteiger charge is 2.10. The van der Waals surface area contributed by atoms with Crippen molar-refractivity contribution in [3.8, 4) is 11.5 Å². The number of amides is 1. The molecule has 0 fully saturated rings. The van der Waals surface area contributed by atoms with Gasteiger partial charge in [0.2, 0.25) is 0 Å². The maximum absolute atomic E-state index is 11.9. The van der Waals surface area contributed by atoms with Crippen LogP contribution in [0.2, 0.25) is 0 Å². The Hall–Kier alpha value is -2.82. The number of carbonyl (C=O) groups is 1. The number of hydrogen-bond acceptors (Lipinski definition) is 4. The quantitative estimate of drug-likeness (QED) is 0.598. The van der Waals surface area contributed by atoms with E-state index < -0.39 is 5.91 Å².